The summed E-state index contributed by atoms with van der Waals surface area (Å²) < 4.78 is 4.39. The molecule has 0 saturated carbocycles. The van der Waals surface area contributed by atoms with Gasteiger partial charge in [-0.3, -0.25) is 14.5 Å². The number of aryl methyl sites for hydroxylation is 2. The molecule has 2 aromatic heterocycles. The first-order valence-electron chi connectivity index (χ1n) is 16.6. The lowest BCUT2D eigenvalue weighted by Gasteiger charge is -2.34. The van der Waals surface area contributed by atoms with Crippen molar-refractivity contribution in [2.75, 3.05) is 39.3 Å². The number of aromatic nitrogens is 2. The molecule has 0 unspecified atom stereocenters. The molecule has 0 atom stereocenters. The van der Waals surface area contributed by atoms with Gasteiger partial charge in [0.05, 0.1) is 0 Å². The Labute approximate surface area is 306 Å². The van der Waals surface area contributed by atoms with Crippen molar-refractivity contribution in [1.29, 1.82) is 0 Å². The van der Waals surface area contributed by atoms with Crippen LogP contribution >= 0.6 is 22.7 Å². The van der Waals surface area contributed by atoms with Gasteiger partial charge < -0.3 is 34.6 Å². The standard InChI is InChI=1S/C37H47N5O2S2.2ClH/c1-27-29(3)45-36(41(27)25-34(43)39-17-15-32(16-18-39)23-31-11-7-5-8-12-31)37-42(28(2)30(4)46-37)26-35(44)40-21-19-38(20-22-40)24-33-13-9-6-10-14-33;;/h5-14,32H,15-26H2,1-4H3;2*1H/q+2;;/p-2. The second-order valence-electron chi connectivity index (χ2n) is 12.9. The topological polar surface area (TPSA) is 53.7 Å². The van der Waals surface area contributed by atoms with Gasteiger partial charge in [0.2, 0.25) is 11.8 Å². The minimum Gasteiger partial charge on any atom is -1.00 e. The lowest BCUT2D eigenvalue weighted by molar-refractivity contribution is -0.134. The van der Waals surface area contributed by atoms with E-state index in [1.807, 2.05) is 4.90 Å². The van der Waals surface area contributed by atoms with Gasteiger partial charge in [-0.2, -0.15) is 9.13 Å². The van der Waals surface area contributed by atoms with Gasteiger partial charge in [-0.1, -0.05) is 60.7 Å². The minimum atomic E-state index is 0. The van der Waals surface area contributed by atoms with Crippen LogP contribution in [0.15, 0.2) is 60.7 Å². The Balaban J connectivity index is 0.00000260. The zero-order valence-corrected chi connectivity index (χ0v) is 31.6. The van der Waals surface area contributed by atoms with Crippen molar-refractivity contribution in [3.05, 3.63) is 92.9 Å². The third-order valence-electron chi connectivity index (χ3n) is 9.90. The molecular formula is C37H47Cl2N5O2S2. The van der Waals surface area contributed by atoms with E-state index in [1.54, 1.807) is 22.7 Å². The first-order chi connectivity index (χ1) is 22.3. The van der Waals surface area contributed by atoms with Gasteiger partial charge in [-0.05, 0) is 36.3 Å². The van der Waals surface area contributed by atoms with Crippen molar-refractivity contribution in [2.45, 2.75) is 66.6 Å². The summed E-state index contributed by atoms with van der Waals surface area (Å²) in [7, 11) is 0. The van der Waals surface area contributed by atoms with Crippen molar-refractivity contribution in [3.63, 3.8) is 0 Å². The number of amides is 2. The van der Waals surface area contributed by atoms with E-state index in [-0.39, 0.29) is 36.6 Å². The highest BCUT2D eigenvalue weighted by molar-refractivity contribution is 7.21. The monoisotopic (exact) mass is 727 g/mol. The van der Waals surface area contributed by atoms with Crippen molar-refractivity contribution in [3.8, 4) is 10.0 Å². The molecule has 11 heteroatoms. The number of likely N-dealkylation sites (tertiary alicyclic amines) is 1. The van der Waals surface area contributed by atoms with Gasteiger partial charge in [0.1, 0.15) is 13.1 Å². The fourth-order valence-electron chi connectivity index (χ4n) is 6.73. The van der Waals surface area contributed by atoms with Crippen molar-refractivity contribution >= 4 is 34.5 Å². The molecule has 258 valence electrons. The maximum Gasteiger partial charge on any atom is 0.295 e. The van der Waals surface area contributed by atoms with E-state index >= 15 is 0 Å². The number of halogens is 2. The minimum absolute atomic E-state index is 0. The number of thiazole rings is 2. The third kappa shape index (κ3) is 8.85. The number of benzene rings is 2. The molecule has 0 spiro atoms. The molecule has 2 amide bonds. The zero-order valence-electron chi connectivity index (χ0n) is 28.5. The molecule has 2 aromatic carbocycles. The van der Waals surface area contributed by atoms with Gasteiger partial charge in [-0.25, -0.2) is 0 Å². The van der Waals surface area contributed by atoms with E-state index in [0.717, 1.165) is 86.5 Å². The molecule has 2 fully saturated rings. The molecular weight excluding hydrogens is 681 g/mol. The average Bonchev–Trinajstić information content (AvgIpc) is 3.51. The third-order valence-corrected chi connectivity index (χ3v) is 12.4. The highest BCUT2D eigenvalue weighted by Crippen LogP contribution is 2.38. The van der Waals surface area contributed by atoms with E-state index < -0.39 is 0 Å². The quantitative estimate of drug-likeness (QED) is 0.239. The van der Waals surface area contributed by atoms with Gasteiger partial charge in [0.25, 0.3) is 10.0 Å². The number of piperidine rings is 1. The van der Waals surface area contributed by atoms with Crippen LogP contribution in [-0.4, -0.2) is 74.9 Å². The number of carbonyl (C=O) groups is 2. The first-order valence-corrected chi connectivity index (χ1v) is 18.3. The van der Waals surface area contributed by atoms with Crippen LogP contribution in [0.4, 0.5) is 0 Å². The first kappa shape index (κ1) is 38.0. The molecule has 0 aliphatic carbocycles. The summed E-state index contributed by atoms with van der Waals surface area (Å²) >= 11 is 3.47. The normalized spacial score (nSPS) is 15.6. The summed E-state index contributed by atoms with van der Waals surface area (Å²) in [6.45, 7) is 15.0. The van der Waals surface area contributed by atoms with Crippen LogP contribution < -0.4 is 24.8 Å². The van der Waals surface area contributed by atoms with Crippen LogP contribution in [0.2, 0.25) is 0 Å². The van der Waals surface area contributed by atoms with Gasteiger partial charge in [0, 0.05) is 96.2 Å². The van der Waals surface area contributed by atoms with Gasteiger partial charge >= 0.3 is 0 Å². The van der Waals surface area contributed by atoms with Crippen LogP contribution in [0.25, 0.3) is 10.0 Å². The maximum absolute atomic E-state index is 13.7. The Bertz CT molecular complexity index is 1540. The molecule has 2 aliphatic heterocycles. The molecule has 0 N–H and O–H groups in total. The summed E-state index contributed by atoms with van der Waals surface area (Å²) in [5.41, 5.74) is 4.95. The van der Waals surface area contributed by atoms with Crippen LogP contribution in [0.5, 0.6) is 0 Å². The number of piperazine rings is 1. The lowest BCUT2D eigenvalue weighted by atomic mass is 9.90. The van der Waals surface area contributed by atoms with E-state index in [0.29, 0.717) is 19.0 Å². The number of hydrogen-bond acceptors (Lipinski definition) is 5. The summed E-state index contributed by atoms with van der Waals surface area (Å²) in [6.07, 6.45) is 3.18. The number of carbonyl (C=O) groups excluding carboxylic acids is 2. The van der Waals surface area contributed by atoms with Crippen molar-refractivity contribution in [2.24, 2.45) is 5.92 Å². The Hall–Kier alpha value is -2.82. The van der Waals surface area contributed by atoms with Crippen LogP contribution in [0, 0.1) is 33.6 Å². The zero-order chi connectivity index (χ0) is 32.2. The molecule has 4 aromatic rings. The Morgan fingerprint density at radius 2 is 1.08 bits per heavy atom. The summed E-state index contributed by atoms with van der Waals surface area (Å²) in [5, 5.41) is 2.14. The van der Waals surface area contributed by atoms with E-state index in [2.05, 4.69) is 107 Å². The number of nitrogens with zero attached hydrogens (tertiary/aromatic N) is 5. The lowest BCUT2D eigenvalue weighted by Crippen LogP contribution is -3.00. The molecule has 6 rings (SSSR count). The second kappa shape index (κ2) is 17.2. The molecule has 48 heavy (non-hydrogen) atoms. The SMILES string of the molecule is Cc1s[c+](-[c+]2sc(C)c(C)n2CC(=O)N2CCN(Cc3ccccc3)CC2)n(CC(=O)N2CCC(Cc3ccccc3)CC2)c1C.[Cl-].[Cl-]. The predicted molar refractivity (Wildman–Crippen MR) is 189 cm³/mol. The van der Waals surface area contributed by atoms with E-state index in [9.17, 15) is 9.59 Å². The predicted octanol–water partition coefficient (Wildman–Crippen LogP) is 0.709. The Morgan fingerprint density at radius 1 is 0.646 bits per heavy atom. The number of hydrogen-bond donors (Lipinski definition) is 0. The van der Waals surface area contributed by atoms with Crippen LogP contribution in [0.1, 0.15) is 45.1 Å². The largest absolute Gasteiger partial charge is 1.00 e. The van der Waals surface area contributed by atoms with Gasteiger partial charge in [0.15, 0.2) is 21.1 Å². The molecule has 7 nitrogen and oxygen atoms in total. The van der Waals surface area contributed by atoms with E-state index in [1.165, 1.54) is 20.9 Å². The molecule has 2 saturated heterocycles. The number of rotatable bonds is 9. The van der Waals surface area contributed by atoms with Crippen LogP contribution in [0.3, 0.4) is 0 Å². The van der Waals surface area contributed by atoms with E-state index in [4.69, 9.17) is 0 Å². The van der Waals surface area contributed by atoms with Crippen LogP contribution in [-0.2, 0) is 35.6 Å². The Kier molecular flexibility index (Phi) is 13.6. The summed E-state index contributed by atoms with van der Waals surface area (Å²) in [4.78, 5) is 36.3. The fourth-order valence-corrected chi connectivity index (χ4v) is 9.10. The molecule has 4 heterocycles. The molecule has 0 radical (unpaired) electrons. The average molecular weight is 729 g/mol. The summed E-state index contributed by atoms with van der Waals surface area (Å²) in [5.74, 6) is 0.976. The Morgan fingerprint density at radius 3 is 1.56 bits per heavy atom. The maximum atomic E-state index is 13.7. The van der Waals surface area contributed by atoms with Crippen molar-refractivity contribution in [1.82, 2.24) is 23.8 Å². The fraction of sp³-hybridized carbons (Fsp3) is 0.459. The second-order valence-corrected chi connectivity index (χ2v) is 15.3. The smallest absolute Gasteiger partial charge is 0.295 e. The summed E-state index contributed by atoms with van der Waals surface area (Å²) in [6, 6.07) is 21.3. The molecule has 0 bridgehead atoms. The van der Waals surface area contributed by atoms with Crippen molar-refractivity contribution < 1.29 is 34.4 Å². The highest BCUT2D eigenvalue weighted by Gasteiger charge is 2.36. The molecule has 2 aliphatic rings. The highest BCUT2D eigenvalue weighted by atomic mass is 35.5. The van der Waals surface area contributed by atoms with Gasteiger partial charge in [-0.15, -0.1) is 0 Å².